The van der Waals surface area contributed by atoms with Gasteiger partial charge in [0.25, 0.3) is 0 Å². The molecular formula is C10H8O2. The van der Waals surface area contributed by atoms with Crippen LogP contribution in [0.4, 0.5) is 0 Å². The van der Waals surface area contributed by atoms with Crippen molar-refractivity contribution >= 4 is 6.29 Å². The summed E-state index contributed by atoms with van der Waals surface area (Å²) in [5.74, 6) is 3.08. The molecule has 0 atom stereocenters. The number of benzene rings is 1. The van der Waals surface area contributed by atoms with Gasteiger partial charge in [0.05, 0.1) is 5.56 Å². The first-order chi connectivity index (χ1) is 5.88. The molecular weight excluding hydrogens is 152 g/mol. The molecule has 0 bridgehead atoms. The minimum Gasteiger partial charge on any atom is -0.407 e. The molecule has 1 aromatic carbocycles. The average Bonchev–Trinajstić information content (AvgIpc) is 2.15. The highest BCUT2D eigenvalue weighted by molar-refractivity contribution is 5.79. The molecule has 0 heterocycles. The molecule has 0 aliphatic carbocycles. The molecule has 0 unspecified atom stereocenters. The van der Waals surface area contributed by atoms with Crippen LogP contribution in [-0.2, 0) is 0 Å². The van der Waals surface area contributed by atoms with Gasteiger partial charge in [-0.15, -0.1) is 0 Å². The Morgan fingerprint density at radius 2 is 2.17 bits per heavy atom. The minimum atomic E-state index is 0.502. The van der Waals surface area contributed by atoms with Crippen LogP contribution in [0.2, 0.25) is 0 Å². The van der Waals surface area contributed by atoms with E-state index in [1.54, 1.807) is 31.2 Å². The van der Waals surface area contributed by atoms with E-state index in [1.165, 1.54) is 0 Å². The summed E-state index contributed by atoms with van der Waals surface area (Å²) in [6.07, 6.45) is 3.17. The molecule has 0 aliphatic heterocycles. The molecule has 12 heavy (non-hydrogen) atoms. The molecule has 0 saturated carbocycles. The molecule has 1 rings (SSSR count). The lowest BCUT2D eigenvalue weighted by Gasteiger charge is -1.98. The van der Waals surface area contributed by atoms with Crippen molar-refractivity contribution in [1.82, 2.24) is 0 Å². The summed E-state index contributed by atoms with van der Waals surface area (Å²) < 4.78 is 4.98. The Labute approximate surface area is 71.2 Å². The summed E-state index contributed by atoms with van der Waals surface area (Å²) in [4.78, 5) is 10.5. The maximum Gasteiger partial charge on any atom is 0.153 e. The lowest BCUT2D eigenvalue weighted by molar-refractivity contribution is 0.112. The van der Waals surface area contributed by atoms with Crippen LogP contribution in [0.3, 0.4) is 0 Å². The number of para-hydroxylation sites is 1. The van der Waals surface area contributed by atoms with Crippen molar-refractivity contribution in [3.8, 4) is 17.8 Å². The quantitative estimate of drug-likeness (QED) is 0.487. The molecule has 0 saturated heterocycles. The maximum absolute atomic E-state index is 10.5. The van der Waals surface area contributed by atoms with Crippen LogP contribution in [-0.4, -0.2) is 6.29 Å². The predicted octanol–water partition coefficient (Wildman–Crippen LogP) is 1.86. The number of rotatable bonds is 2. The molecule has 0 spiro atoms. The van der Waals surface area contributed by atoms with Crippen molar-refractivity contribution in [1.29, 1.82) is 0 Å². The van der Waals surface area contributed by atoms with Crippen LogP contribution in [0, 0.1) is 12.0 Å². The summed E-state index contributed by atoms with van der Waals surface area (Å²) in [6, 6.07) is 6.95. The van der Waals surface area contributed by atoms with E-state index in [-0.39, 0.29) is 0 Å². The number of carbonyl (C=O) groups excluding carboxylic acids is 1. The molecule has 2 heteroatoms. The van der Waals surface area contributed by atoms with Crippen LogP contribution >= 0.6 is 0 Å². The van der Waals surface area contributed by atoms with Gasteiger partial charge in [0.2, 0.25) is 0 Å². The van der Waals surface area contributed by atoms with Gasteiger partial charge < -0.3 is 4.74 Å². The van der Waals surface area contributed by atoms with E-state index in [9.17, 15) is 4.79 Å². The van der Waals surface area contributed by atoms with E-state index in [4.69, 9.17) is 4.74 Å². The van der Waals surface area contributed by atoms with E-state index in [0.717, 1.165) is 6.29 Å². The fourth-order valence-electron chi connectivity index (χ4n) is 0.777. The van der Waals surface area contributed by atoms with Gasteiger partial charge in [0, 0.05) is 6.92 Å². The number of hydrogen-bond acceptors (Lipinski definition) is 2. The Morgan fingerprint density at radius 3 is 2.83 bits per heavy atom. The smallest absolute Gasteiger partial charge is 0.153 e. The fraction of sp³-hybridized carbons (Fsp3) is 0.100. The summed E-state index contributed by atoms with van der Waals surface area (Å²) in [5.41, 5.74) is 0.514. The third kappa shape index (κ3) is 1.86. The highest BCUT2D eigenvalue weighted by Crippen LogP contribution is 2.14. The maximum atomic E-state index is 10.5. The largest absolute Gasteiger partial charge is 0.407 e. The Kier molecular flexibility index (Phi) is 2.92. The molecule has 0 N–H and O–H groups in total. The van der Waals surface area contributed by atoms with Gasteiger partial charge in [0.15, 0.2) is 12.0 Å². The first-order valence-electron chi connectivity index (χ1n) is 3.51. The third-order valence-corrected chi connectivity index (χ3v) is 1.31. The first kappa shape index (κ1) is 8.35. The number of ether oxygens (including phenoxy) is 1. The molecule has 2 nitrogen and oxygen atoms in total. The van der Waals surface area contributed by atoms with Crippen LogP contribution in [0.5, 0.6) is 5.75 Å². The van der Waals surface area contributed by atoms with Crippen molar-refractivity contribution in [2.75, 3.05) is 0 Å². The van der Waals surface area contributed by atoms with Gasteiger partial charge in [-0.1, -0.05) is 18.1 Å². The number of hydrogen-bond donors (Lipinski definition) is 0. The molecule has 60 valence electrons. The van der Waals surface area contributed by atoms with Crippen molar-refractivity contribution in [3.63, 3.8) is 0 Å². The summed E-state index contributed by atoms with van der Waals surface area (Å²) in [5, 5.41) is 0. The monoisotopic (exact) mass is 160 g/mol. The summed E-state index contributed by atoms with van der Waals surface area (Å²) in [7, 11) is 0. The Hall–Kier alpha value is -1.75. The van der Waals surface area contributed by atoms with Crippen molar-refractivity contribution in [2.45, 2.75) is 6.92 Å². The van der Waals surface area contributed by atoms with Crippen molar-refractivity contribution in [3.05, 3.63) is 29.8 Å². The van der Waals surface area contributed by atoms with Crippen molar-refractivity contribution in [2.24, 2.45) is 0 Å². The van der Waals surface area contributed by atoms with Gasteiger partial charge in [0.1, 0.15) is 6.11 Å². The first-order valence-corrected chi connectivity index (χ1v) is 3.51. The normalized spacial score (nSPS) is 8.08. The van der Waals surface area contributed by atoms with Gasteiger partial charge in [-0.25, -0.2) is 0 Å². The minimum absolute atomic E-state index is 0.502. The second-order valence-electron chi connectivity index (χ2n) is 2.11. The van der Waals surface area contributed by atoms with Gasteiger partial charge in [-0.05, 0) is 12.1 Å². The zero-order valence-corrected chi connectivity index (χ0v) is 6.70. The molecule has 0 fully saturated rings. The van der Waals surface area contributed by atoms with Crippen LogP contribution in [0.15, 0.2) is 24.3 Å². The van der Waals surface area contributed by atoms with Crippen LogP contribution in [0.25, 0.3) is 0 Å². The standard InChI is InChI=1S/C10H8O2/c1-2-7-12-10-6-4-3-5-9(10)8-11/h3-6,8H,1H3. The Balaban J connectivity index is 2.94. The lowest BCUT2D eigenvalue weighted by atomic mass is 10.2. The zero-order chi connectivity index (χ0) is 8.81. The fourth-order valence-corrected chi connectivity index (χ4v) is 0.777. The highest BCUT2D eigenvalue weighted by Gasteiger charge is 1.98. The van der Waals surface area contributed by atoms with Crippen LogP contribution < -0.4 is 4.74 Å². The highest BCUT2D eigenvalue weighted by atomic mass is 16.5. The molecule has 0 aromatic heterocycles. The van der Waals surface area contributed by atoms with E-state index in [0.29, 0.717) is 11.3 Å². The average molecular weight is 160 g/mol. The zero-order valence-electron chi connectivity index (χ0n) is 6.70. The van der Waals surface area contributed by atoms with E-state index in [1.807, 2.05) is 0 Å². The van der Waals surface area contributed by atoms with Crippen LogP contribution in [0.1, 0.15) is 17.3 Å². The van der Waals surface area contributed by atoms with E-state index >= 15 is 0 Å². The molecule has 0 radical (unpaired) electrons. The Morgan fingerprint density at radius 1 is 1.42 bits per heavy atom. The van der Waals surface area contributed by atoms with Gasteiger partial charge in [-0.3, -0.25) is 4.79 Å². The molecule has 1 aromatic rings. The molecule has 0 aliphatic rings. The van der Waals surface area contributed by atoms with E-state index in [2.05, 4.69) is 12.0 Å². The predicted molar refractivity (Wildman–Crippen MR) is 45.9 cm³/mol. The SMILES string of the molecule is CC#COc1ccccc1C=O. The second-order valence-corrected chi connectivity index (χ2v) is 2.11. The third-order valence-electron chi connectivity index (χ3n) is 1.31. The van der Waals surface area contributed by atoms with E-state index < -0.39 is 0 Å². The summed E-state index contributed by atoms with van der Waals surface area (Å²) in [6.45, 7) is 1.67. The molecule has 0 amide bonds. The Bertz CT molecular complexity index is 331. The van der Waals surface area contributed by atoms with Gasteiger partial charge in [-0.2, -0.15) is 0 Å². The lowest BCUT2D eigenvalue weighted by Crippen LogP contribution is -1.88. The second kappa shape index (κ2) is 4.20. The van der Waals surface area contributed by atoms with Crippen molar-refractivity contribution < 1.29 is 9.53 Å². The topological polar surface area (TPSA) is 26.3 Å². The number of aldehydes is 1. The van der Waals surface area contributed by atoms with Gasteiger partial charge >= 0.3 is 0 Å². The summed E-state index contributed by atoms with van der Waals surface area (Å²) >= 11 is 0. The number of carbonyl (C=O) groups is 1.